The molecular weight excluding hydrogens is 396 g/mol. The summed E-state index contributed by atoms with van der Waals surface area (Å²) < 4.78 is 5.50. The standard InChI is InChI=1S/C24H28N2O5/c1-3-21(23(28)29)26-22(27)13-12-15(2)25-24(30)31-14-20-18-10-6-4-8-16(18)17-9-5-7-11-19(17)20/h4-11,15,20-21H,3,12-14H2,1-2H3,(H,25,30)(H,26,27)(H,28,29). The zero-order valence-electron chi connectivity index (χ0n) is 17.8. The summed E-state index contributed by atoms with van der Waals surface area (Å²) >= 11 is 0. The molecule has 0 fully saturated rings. The van der Waals surface area contributed by atoms with E-state index < -0.39 is 18.1 Å². The summed E-state index contributed by atoms with van der Waals surface area (Å²) in [7, 11) is 0. The molecule has 7 nitrogen and oxygen atoms in total. The fourth-order valence-electron chi connectivity index (χ4n) is 3.87. The van der Waals surface area contributed by atoms with Gasteiger partial charge in [-0.1, -0.05) is 55.5 Å². The number of carbonyl (C=O) groups excluding carboxylic acids is 2. The molecule has 1 aliphatic carbocycles. The Morgan fingerprint density at radius 2 is 1.58 bits per heavy atom. The second kappa shape index (κ2) is 10.1. The van der Waals surface area contributed by atoms with Gasteiger partial charge in [0.05, 0.1) is 0 Å². The first-order chi connectivity index (χ1) is 14.9. The smallest absolute Gasteiger partial charge is 0.407 e. The maximum atomic E-state index is 12.3. The molecule has 0 aromatic heterocycles. The molecule has 0 radical (unpaired) electrons. The van der Waals surface area contributed by atoms with Crippen molar-refractivity contribution in [2.75, 3.05) is 6.61 Å². The number of amides is 2. The molecule has 0 saturated carbocycles. The molecule has 2 amide bonds. The number of alkyl carbamates (subject to hydrolysis) is 1. The van der Waals surface area contributed by atoms with Gasteiger partial charge in [-0.05, 0) is 42.0 Å². The number of fused-ring (bicyclic) bond motifs is 3. The summed E-state index contributed by atoms with van der Waals surface area (Å²) in [5, 5.41) is 14.2. The monoisotopic (exact) mass is 424 g/mol. The van der Waals surface area contributed by atoms with E-state index in [4.69, 9.17) is 9.84 Å². The van der Waals surface area contributed by atoms with Crippen LogP contribution in [0.4, 0.5) is 4.79 Å². The first kappa shape index (κ1) is 22.3. The van der Waals surface area contributed by atoms with Crippen molar-refractivity contribution >= 4 is 18.0 Å². The topological polar surface area (TPSA) is 105 Å². The molecule has 2 aromatic carbocycles. The second-order valence-electron chi connectivity index (χ2n) is 7.78. The van der Waals surface area contributed by atoms with Gasteiger partial charge in [0.25, 0.3) is 0 Å². The van der Waals surface area contributed by atoms with Gasteiger partial charge in [0, 0.05) is 18.4 Å². The van der Waals surface area contributed by atoms with Crippen LogP contribution in [0.3, 0.4) is 0 Å². The van der Waals surface area contributed by atoms with E-state index in [1.807, 2.05) is 24.3 Å². The summed E-state index contributed by atoms with van der Waals surface area (Å²) in [5.74, 6) is -1.42. The number of benzene rings is 2. The van der Waals surface area contributed by atoms with Crippen LogP contribution in [-0.4, -0.2) is 41.8 Å². The van der Waals surface area contributed by atoms with Crippen molar-refractivity contribution in [1.82, 2.24) is 10.6 Å². The molecule has 7 heteroatoms. The van der Waals surface area contributed by atoms with Crippen LogP contribution in [0.2, 0.25) is 0 Å². The van der Waals surface area contributed by atoms with E-state index >= 15 is 0 Å². The predicted octanol–water partition coefficient (Wildman–Crippen LogP) is 3.67. The number of rotatable bonds is 9. The van der Waals surface area contributed by atoms with Crippen molar-refractivity contribution in [2.24, 2.45) is 0 Å². The van der Waals surface area contributed by atoms with Gasteiger partial charge in [-0.3, -0.25) is 4.79 Å². The lowest BCUT2D eigenvalue weighted by atomic mass is 9.98. The van der Waals surface area contributed by atoms with E-state index in [0.29, 0.717) is 12.8 Å². The number of carboxylic acid groups (broad SMARTS) is 1. The molecule has 2 aromatic rings. The quantitative estimate of drug-likeness (QED) is 0.570. The number of carboxylic acids is 1. The van der Waals surface area contributed by atoms with Crippen LogP contribution in [0.15, 0.2) is 48.5 Å². The average Bonchev–Trinajstić information content (AvgIpc) is 3.08. The minimum atomic E-state index is -1.05. The van der Waals surface area contributed by atoms with Crippen LogP contribution in [0.1, 0.15) is 50.2 Å². The highest BCUT2D eigenvalue weighted by Gasteiger charge is 2.29. The summed E-state index contributed by atoms with van der Waals surface area (Å²) in [6, 6.07) is 15.1. The van der Waals surface area contributed by atoms with Crippen molar-refractivity contribution in [1.29, 1.82) is 0 Å². The Morgan fingerprint density at radius 3 is 2.13 bits per heavy atom. The van der Waals surface area contributed by atoms with Crippen molar-refractivity contribution in [3.05, 3.63) is 59.7 Å². The SMILES string of the molecule is CCC(NC(=O)CCC(C)NC(=O)OCC1c2ccccc2-c2ccccc21)C(=O)O. The van der Waals surface area contributed by atoms with Gasteiger partial charge in [0.1, 0.15) is 12.6 Å². The molecule has 1 aliphatic rings. The number of aliphatic carboxylic acids is 1. The molecule has 164 valence electrons. The van der Waals surface area contributed by atoms with Gasteiger partial charge < -0.3 is 20.5 Å². The Kier molecular flexibility index (Phi) is 7.28. The molecule has 2 atom stereocenters. The molecule has 31 heavy (non-hydrogen) atoms. The molecule has 0 bridgehead atoms. The Bertz CT molecular complexity index is 913. The lowest BCUT2D eigenvalue weighted by molar-refractivity contribution is -0.141. The largest absolute Gasteiger partial charge is 0.480 e. The molecule has 0 saturated heterocycles. The molecule has 0 heterocycles. The molecule has 3 N–H and O–H groups in total. The van der Waals surface area contributed by atoms with Crippen molar-refractivity contribution < 1.29 is 24.2 Å². The highest BCUT2D eigenvalue weighted by molar-refractivity contribution is 5.83. The predicted molar refractivity (Wildman–Crippen MR) is 117 cm³/mol. The minimum Gasteiger partial charge on any atom is -0.480 e. The van der Waals surface area contributed by atoms with Crippen molar-refractivity contribution in [2.45, 2.75) is 51.1 Å². The Balaban J connectivity index is 1.48. The van der Waals surface area contributed by atoms with Crippen LogP contribution in [0.5, 0.6) is 0 Å². The fraction of sp³-hybridized carbons (Fsp3) is 0.375. The summed E-state index contributed by atoms with van der Waals surface area (Å²) in [5.41, 5.74) is 4.62. The number of hydrogen-bond acceptors (Lipinski definition) is 4. The molecular formula is C24H28N2O5. The van der Waals surface area contributed by atoms with Crippen molar-refractivity contribution in [3.63, 3.8) is 0 Å². The van der Waals surface area contributed by atoms with Crippen molar-refractivity contribution in [3.8, 4) is 11.1 Å². The average molecular weight is 424 g/mol. The second-order valence-corrected chi connectivity index (χ2v) is 7.78. The molecule has 2 unspecified atom stereocenters. The van der Waals surface area contributed by atoms with Crippen LogP contribution >= 0.6 is 0 Å². The third-order valence-corrected chi connectivity index (χ3v) is 5.55. The lowest BCUT2D eigenvalue weighted by Crippen LogP contribution is -2.41. The van der Waals surface area contributed by atoms with Crippen LogP contribution in [-0.2, 0) is 14.3 Å². The summed E-state index contributed by atoms with van der Waals surface area (Å²) in [6.07, 6.45) is 0.279. The first-order valence-electron chi connectivity index (χ1n) is 10.5. The van der Waals surface area contributed by atoms with Crippen LogP contribution in [0.25, 0.3) is 11.1 Å². The van der Waals surface area contributed by atoms with Gasteiger partial charge in [-0.15, -0.1) is 0 Å². The van der Waals surface area contributed by atoms with Gasteiger partial charge in [-0.25, -0.2) is 9.59 Å². The van der Waals surface area contributed by atoms with Gasteiger partial charge in [-0.2, -0.15) is 0 Å². The van der Waals surface area contributed by atoms with Gasteiger partial charge >= 0.3 is 12.1 Å². The zero-order chi connectivity index (χ0) is 22.4. The maximum Gasteiger partial charge on any atom is 0.407 e. The van der Waals surface area contributed by atoms with E-state index in [1.54, 1.807) is 13.8 Å². The number of nitrogens with one attached hydrogen (secondary N) is 2. The molecule has 3 rings (SSSR count). The van der Waals surface area contributed by atoms with Crippen LogP contribution < -0.4 is 10.6 Å². The summed E-state index contributed by atoms with van der Waals surface area (Å²) in [4.78, 5) is 35.2. The number of carbonyl (C=O) groups is 3. The number of ether oxygens (including phenoxy) is 1. The summed E-state index contributed by atoms with van der Waals surface area (Å²) in [6.45, 7) is 3.70. The highest BCUT2D eigenvalue weighted by atomic mass is 16.5. The Morgan fingerprint density at radius 1 is 1.00 bits per heavy atom. The zero-order valence-corrected chi connectivity index (χ0v) is 17.8. The third-order valence-electron chi connectivity index (χ3n) is 5.55. The minimum absolute atomic E-state index is 0.0128. The van der Waals surface area contributed by atoms with E-state index in [0.717, 1.165) is 11.1 Å². The van der Waals surface area contributed by atoms with E-state index in [9.17, 15) is 14.4 Å². The van der Waals surface area contributed by atoms with Gasteiger partial charge in [0.2, 0.25) is 5.91 Å². The van der Waals surface area contributed by atoms with E-state index in [-0.39, 0.29) is 30.9 Å². The van der Waals surface area contributed by atoms with E-state index in [2.05, 4.69) is 34.9 Å². The van der Waals surface area contributed by atoms with E-state index in [1.165, 1.54) is 11.1 Å². The maximum absolute atomic E-state index is 12.3. The lowest BCUT2D eigenvalue weighted by Gasteiger charge is -2.17. The molecule has 0 aliphatic heterocycles. The molecule has 0 spiro atoms. The Labute approximate surface area is 181 Å². The fourth-order valence-corrected chi connectivity index (χ4v) is 3.87. The van der Waals surface area contributed by atoms with Crippen LogP contribution in [0, 0.1) is 0 Å². The number of hydrogen-bond donors (Lipinski definition) is 3. The highest BCUT2D eigenvalue weighted by Crippen LogP contribution is 2.44. The Hall–Kier alpha value is -3.35. The normalized spacial score (nSPS) is 14.1. The first-order valence-corrected chi connectivity index (χ1v) is 10.5. The van der Waals surface area contributed by atoms with Gasteiger partial charge in [0.15, 0.2) is 0 Å². The third kappa shape index (κ3) is 5.42.